The lowest BCUT2D eigenvalue weighted by Crippen LogP contribution is -2.44. The minimum atomic E-state index is 0.581. The summed E-state index contributed by atoms with van der Waals surface area (Å²) in [5.74, 6) is 1.39. The van der Waals surface area contributed by atoms with Crippen molar-refractivity contribution in [1.29, 1.82) is 0 Å². The third-order valence-corrected chi connectivity index (χ3v) is 3.80. The first-order chi connectivity index (χ1) is 8.35. The summed E-state index contributed by atoms with van der Waals surface area (Å²) >= 11 is 0. The van der Waals surface area contributed by atoms with Crippen LogP contribution in [0.5, 0.6) is 0 Å². The molecule has 1 heterocycles. The van der Waals surface area contributed by atoms with Crippen molar-refractivity contribution in [2.75, 3.05) is 13.1 Å². The van der Waals surface area contributed by atoms with Gasteiger partial charge in [-0.05, 0) is 31.8 Å². The highest BCUT2D eigenvalue weighted by Crippen LogP contribution is 2.28. The molecule has 1 aromatic rings. The van der Waals surface area contributed by atoms with Crippen LogP contribution in [0.15, 0.2) is 10.9 Å². The van der Waals surface area contributed by atoms with Crippen molar-refractivity contribution in [2.24, 2.45) is 11.7 Å². The molecule has 1 aliphatic carbocycles. The van der Waals surface area contributed by atoms with E-state index in [-0.39, 0.29) is 0 Å². The minimum Gasteiger partial charge on any atom is -0.343 e. The fourth-order valence-electron chi connectivity index (χ4n) is 2.85. The van der Waals surface area contributed by atoms with Gasteiger partial charge in [0.2, 0.25) is 6.39 Å². The highest BCUT2D eigenvalue weighted by molar-refractivity contribution is 4.87. The smallest absolute Gasteiger partial charge is 0.213 e. The Bertz CT molecular complexity index is 314. The van der Waals surface area contributed by atoms with E-state index in [4.69, 9.17) is 10.3 Å². The summed E-state index contributed by atoms with van der Waals surface area (Å²) in [5.41, 5.74) is 5.88. The standard InChI is InChI=1S/C12H22N4O/c1-2-16(8-12-14-9-17-15-12)11-6-4-3-5-10(11)7-13/h9-11H,2-8,13H2,1H3. The van der Waals surface area contributed by atoms with E-state index in [1.54, 1.807) is 0 Å². The molecule has 5 nitrogen and oxygen atoms in total. The van der Waals surface area contributed by atoms with Gasteiger partial charge in [0, 0.05) is 6.04 Å². The Morgan fingerprint density at radius 1 is 1.47 bits per heavy atom. The van der Waals surface area contributed by atoms with Crippen LogP contribution in [0.3, 0.4) is 0 Å². The number of hydrogen-bond acceptors (Lipinski definition) is 5. The van der Waals surface area contributed by atoms with E-state index in [2.05, 4.69) is 22.0 Å². The average molecular weight is 238 g/mol. The Labute approximate surface area is 102 Å². The molecule has 1 aliphatic rings. The predicted molar refractivity (Wildman–Crippen MR) is 65.2 cm³/mol. The number of aromatic nitrogens is 2. The van der Waals surface area contributed by atoms with Crippen molar-refractivity contribution >= 4 is 0 Å². The Morgan fingerprint density at radius 2 is 2.29 bits per heavy atom. The van der Waals surface area contributed by atoms with E-state index in [1.165, 1.54) is 32.1 Å². The van der Waals surface area contributed by atoms with Crippen LogP contribution in [-0.2, 0) is 6.54 Å². The Morgan fingerprint density at radius 3 is 2.94 bits per heavy atom. The van der Waals surface area contributed by atoms with Crippen LogP contribution in [0.25, 0.3) is 0 Å². The second kappa shape index (κ2) is 6.12. The molecule has 0 aromatic carbocycles. The molecular weight excluding hydrogens is 216 g/mol. The monoisotopic (exact) mass is 238 g/mol. The van der Waals surface area contributed by atoms with Crippen LogP contribution in [0, 0.1) is 5.92 Å². The molecule has 96 valence electrons. The number of rotatable bonds is 5. The molecular formula is C12H22N4O. The van der Waals surface area contributed by atoms with Gasteiger partial charge in [-0.2, -0.15) is 4.98 Å². The zero-order valence-electron chi connectivity index (χ0n) is 10.5. The van der Waals surface area contributed by atoms with Crippen molar-refractivity contribution < 1.29 is 4.52 Å². The lowest BCUT2D eigenvalue weighted by atomic mass is 9.83. The molecule has 5 heteroatoms. The van der Waals surface area contributed by atoms with E-state index in [9.17, 15) is 0 Å². The topological polar surface area (TPSA) is 68.2 Å². The third kappa shape index (κ3) is 3.04. The summed E-state index contributed by atoms with van der Waals surface area (Å²) < 4.78 is 4.79. The first kappa shape index (κ1) is 12.5. The van der Waals surface area contributed by atoms with Crippen LogP contribution in [0.2, 0.25) is 0 Å². The molecule has 1 fully saturated rings. The Hall–Kier alpha value is -0.940. The predicted octanol–water partition coefficient (Wildman–Crippen LogP) is 1.41. The van der Waals surface area contributed by atoms with Gasteiger partial charge in [0.1, 0.15) is 0 Å². The van der Waals surface area contributed by atoms with Crippen LogP contribution >= 0.6 is 0 Å². The molecule has 0 aliphatic heterocycles. The molecule has 2 atom stereocenters. The van der Waals surface area contributed by atoms with Gasteiger partial charge in [-0.1, -0.05) is 24.9 Å². The van der Waals surface area contributed by atoms with Crippen LogP contribution in [0.1, 0.15) is 38.4 Å². The summed E-state index contributed by atoms with van der Waals surface area (Å²) in [7, 11) is 0. The lowest BCUT2D eigenvalue weighted by Gasteiger charge is -2.38. The van der Waals surface area contributed by atoms with E-state index in [0.717, 1.165) is 25.5 Å². The minimum absolute atomic E-state index is 0.581. The van der Waals surface area contributed by atoms with Gasteiger partial charge in [-0.25, -0.2) is 0 Å². The van der Waals surface area contributed by atoms with Crippen LogP contribution < -0.4 is 5.73 Å². The van der Waals surface area contributed by atoms with Crippen molar-refractivity contribution in [3.05, 3.63) is 12.2 Å². The lowest BCUT2D eigenvalue weighted by molar-refractivity contribution is 0.102. The van der Waals surface area contributed by atoms with Gasteiger partial charge in [-0.3, -0.25) is 4.90 Å². The highest BCUT2D eigenvalue weighted by Gasteiger charge is 2.28. The summed E-state index contributed by atoms with van der Waals surface area (Å²) in [5, 5.41) is 3.89. The van der Waals surface area contributed by atoms with Gasteiger partial charge in [0.15, 0.2) is 5.82 Å². The first-order valence-corrected chi connectivity index (χ1v) is 6.54. The molecule has 17 heavy (non-hydrogen) atoms. The molecule has 1 saturated carbocycles. The average Bonchev–Trinajstić information content (AvgIpc) is 2.89. The zero-order valence-corrected chi connectivity index (χ0v) is 10.5. The largest absolute Gasteiger partial charge is 0.343 e. The maximum absolute atomic E-state index is 5.88. The van der Waals surface area contributed by atoms with E-state index in [0.29, 0.717) is 12.0 Å². The SMILES string of the molecule is CCN(Cc1ncon1)C1CCCCC1CN. The Balaban J connectivity index is 2.00. The second-order valence-electron chi connectivity index (χ2n) is 4.76. The Kier molecular flexibility index (Phi) is 4.50. The molecule has 0 spiro atoms. The molecule has 2 N–H and O–H groups in total. The van der Waals surface area contributed by atoms with Gasteiger partial charge < -0.3 is 10.3 Å². The van der Waals surface area contributed by atoms with E-state index < -0.39 is 0 Å². The van der Waals surface area contributed by atoms with Crippen molar-refractivity contribution in [1.82, 2.24) is 15.0 Å². The summed E-state index contributed by atoms with van der Waals surface area (Å²) in [6, 6.07) is 0.581. The van der Waals surface area contributed by atoms with Crippen LogP contribution in [-0.4, -0.2) is 34.2 Å². The van der Waals surface area contributed by atoms with Gasteiger partial charge in [0.25, 0.3) is 0 Å². The summed E-state index contributed by atoms with van der Waals surface area (Å²) in [6.45, 7) is 4.75. The molecule has 0 bridgehead atoms. The van der Waals surface area contributed by atoms with Gasteiger partial charge in [-0.15, -0.1) is 0 Å². The van der Waals surface area contributed by atoms with Gasteiger partial charge in [0.05, 0.1) is 6.54 Å². The molecule has 0 radical (unpaired) electrons. The molecule has 0 saturated heterocycles. The zero-order chi connectivity index (χ0) is 12.1. The van der Waals surface area contributed by atoms with E-state index in [1.807, 2.05) is 0 Å². The second-order valence-corrected chi connectivity index (χ2v) is 4.76. The van der Waals surface area contributed by atoms with Crippen molar-refractivity contribution in [3.8, 4) is 0 Å². The van der Waals surface area contributed by atoms with Gasteiger partial charge >= 0.3 is 0 Å². The maximum Gasteiger partial charge on any atom is 0.213 e. The van der Waals surface area contributed by atoms with Crippen molar-refractivity contribution in [3.63, 3.8) is 0 Å². The molecule has 0 amide bonds. The molecule has 1 aromatic heterocycles. The summed E-state index contributed by atoms with van der Waals surface area (Å²) in [4.78, 5) is 6.53. The molecule has 2 rings (SSSR count). The molecule has 2 unspecified atom stereocenters. The van der Waals surface area contributed by atoms with Crippen molar-refractivity contribution in [2.45, 2.75) is 45.2 Å². The van der Waals surface area contributed by atoms with Crippen LogP contribution in [0.4, 0.5) is 0 Å². The highest BCUT2D eigenvalue weighted by atomic mass is 16.5. The fraction of sp³-hybridized carbons (Fsp3) is 0.833. The third-order valence-electron chi connectivity index (χ3n) is 3.80. The fourth-order valence-corrected chi connectivity index (χ4v) is 2.85. The maximum atomic E-state index is 5.88. The number of nitrogens with two attached hydrogens (primary N) is 1. The number of nitrogens with zero attached hydrogens (tertiary/aromatic N) is 3. The normalized spacial score (nSPS) is 25.4. The first-order valence-electron chi connectivity index (χ1n) is 6.54. The summed E-state index contributed by atoms with van der Waals surface area (Å²) in [6.07, 6.45) is 6.52. The quantitative estimate of drug-likeness (QED) is 0.840. The van der Waals surface area contributed by atoms with E-state index >= 15 is 0 Å². The number of hydrogen-bond donors (Lipinski definition) is 1.